The monoisotopic (exact) mass is 315 g/mol. The van der Waals surface area contributed by atoms with Crippen LogP contribution in [0.4, 0.5) is 0 Å². The van der Waals surface area contributed by atoms with Gasteiger partial charge in [-0.2, -0.15) is 0 Å². The van der Waals surface area contributed by atoms with Crippen molar-refractivity contribution in [1.29, 1.82) is 0 Å². The number of aliphatic hydroxyl groups excluding tert-OH is 2. The number of benzene rings is 2. The van der Waals surface area contributed by atoms with Crippen LogP contribution >= 0.6 is 0 Å². The van der Waals surface area contributed by atoms with Gasteiger partial charge in [0.05, 0.1) is 0 Å². The molecule has 0 heterocycles. The van der Waals surface area contributed by atoms with Gasteiger partial charge in [-0.15, -0.1) is 0 Å². The number of amides is 1. The lowest BCUT2D eigenvalue weighted by Crippen LogP contribution is -2.34. The Bertz CT molecular complexity index is 613. The van der Waals surface area contributed by atoms with Crippen molar-refractivity contribution in [1.82, 2.24) is 5.32 Å². The molecule has 0 radical (unpaired) electrons. The molecule has 5 heteroatoms. The minimum Gasteiger partial charge on any atom is -0.489 e. The molecule has 2 atom stereocenters. The second-order valence-electron chi connectivity index (χ2n) is 5.29. The molecule has 0 aromatic heterocycles. The van der Waals surface area contributed by atoms with Crippen molar-refractivity contribution in [3.05, 3.63) is 65.7 Å². The van der Waals surface area contributed by atoms with Gasteiger partial charge < -0.3 is 20.3 Å². The molecule has 23 heavy (non-hydrogen) atoms. The Morgan fingerprint density at radius 3 is 2.35 bits per heavy atom. The summed E-state index contributed by atoms with van der Waals surface area (Å²) in [5.74, 6) is 0.432. The van der Waals surface area contributed by atoms with Gasteiger partial charge in [-0.1, -0.05) is 42.5 Å². The van der Waals surface area contributed by atoms with Gasteiger partial charge in [0.1, 0.15) is 24.6 Å². The van der Waals surface area contributed by atoms with E-state index in [1.54, 1.807) is 24.3 Å². The largest absolute Gasteiger partial charge is 0.489 e. The van der Waals surface area contributed by atoms with Crippen LogP contribution in [0, 0.1) is 0 Å². The minimum atomic E-state index is -1.06. The second-order valence-corrected chi connectivity index (χ2v) is 5.29. The van der Waals surface area contributed by atoms with Gasteiger partial charge in [0, 0.05) is 13.5 Å². The smallest absolute Gasteiger partial charge is 0.216 e. The summed E-state index contributed by atoms with van der Waals surface area (Å²) in [6.45, 7) is 1.83. The molecule has 2 aromatic rings. The molecule has 0 fully saturated rings. The topological polar surface area (TPSA) is 78.8 Å². The summed E-state index contributed by atoms with van der Waals surface area (Å²) < 4.78 is 5.67. The molecule has 0 aliphatic heterocycles. The second kappa shape index (κ2) is 8.31. The maximum atomic E-state index is 10.8. The van der Waals surface area contributed by atoms with Gasteiger partial charge in [0.25, 0.3) is 0 Å². The van der Waals surface area contributed by atoms with E-state index >= 15 is 0 Å². The fourth-order valence-corrected chi connectivity index (χ4v) is 2.08. The van der Waals surface area contributed by atoms with Gasteiger partial charge >= 0.3 is 0 Å². The number of ether oxygens (including phenoxy) is 1. The molecule has 0 bridgehead atoms. The van der Waals surface area contributed by atoms with E-state index in [0.29, 0.717) is 17.9 Å². The summed E-state index contributed by atoms with van der Waals surface area (Å²) in [4.78, 5) is 10.8. The Kier molecular flexibility index (Phi) is 6.14. The third kappa shape index (κ3) is 5.39. The molecule has 0 saturated heterocycles. The number of hydrogen-bond acceptors (Lipinski definition) is 4. The summed E-state index contributed by atoms with van der Waals surface area (Å²) in [5.41, 5.74) is 1.64. The Balaban J connectivity index is 1.89. The standard InChI is InChI=1S/C18H21NO4/c1-13(20)19-11-17(21)18(22)15-7-9-16(10-8-15)23-12-14-5-3-2-4-6-14/h2-10,17-18,21-22H,11-12H2,1H3,(H,19,20). The normalized spacial score (nSPS) is 13.2. The summed E-state index contributed by atoms with van der Waals surface area (Å²) in [7, 11) is 0. The van der Waals surface area contributed by atoms with Crippen LogP contribution < -0.4 is 10.1 Å². The van der Waals surface area contributed by atoms with Gasteiger partial charge in [-0.25, -0.2) is 0 Å². The molecule has 0 aliphatic carbocycles. The highest BCUT2D eigenvalue weighted by molar-refractivity contribution is 5.72. The summed E-state index contributed by atoms with van der Waals surface area (Å²) in [6.07, 6.45) is -2.12. The zero-order valence-electron chi connectivity index (χ0n) is 13.0. The molecular weight excluding hydrogens is 294 g/mol. The van der Waals surface area contributed by atoms with E-state index in [4.69, 9.17) is 4.74 Å². The van der Waals surface area contributed by atoms with E-state index in [2.05, 4.69) is 5.32 Å². The fourth-order valence-electron chi connectivity index (χ4n) is 2.08. The highest BCUT2D eigenvalue weighted by atomic mass is 16.5. The summed E-state index contributed by atoms with van der Waals surface area (Å²) in [5, 5.41) is 22.4. The quantitative estimate of drug-likeness (QED) is 0.728. The third-order valence-electron chi connectivity index (χ3n) is 3.39. The maximum absolute atomic E-state index is 10.8. The summed E-state index contributed by atoms with van der Waals surface area (Å²) >= 11 is 0. The molecule has 2 rings (SSSR count). The molecule has 122 valence electrons. The summed E-state index contributed by atoms with van der Waals surface area (Å²) in [6, 6.07) is 16.7. The first-order valence-electron chi connectivity index (χ1n) is 7.43. The highest BCUT2D eigenvalue weighted by Gasteiger charge is 2.18. The number of carbonyl (C=O) groups excluding carboxylic acids is 1. The lowest BCUT2D eigenvalue weighted by atomic mass is 10.0. The fraction of sp³-hybridized carbons (Fsp3) is 0.278. The van der Waals surface area contributed by atoms with Crippen LogP contribution in [0.1, 0.15) is 24.2 Å². The molecule has 2 unspecified atom stereocenters. The molecule has 0 aliphatic rings. The predicted octanol–water partition coefficient (Wildman–Crippen LogP) is 1.80. The van der Waals surface area contributed by atoms with E-state index in [1.165, 1.54) is 6.92 Å². The van der Waals surface area contributed by atoms with E-state index in [9.17, 15) is 15.0 Å². The Labute approximate surface area is 135 Å². The van der Waals surface area contributed by atoms with Crippen LogP contribution in [0.2, 0.25) is 0 Å². The van der Waals surface area contributed by atoms with Crippen LogP contribution in [0.5, 0.6) is 5.75 Å². The molecule has 2 aromatic carbocycles. The average Bonchev–Trinajstić information content (AvgIpc) is 2.58. The zero-order chi connectivity index (χ0) is 16.7. The third-order valence-corrected chi connectivity index (χ3v) is 3.39. The van der Waals surface area contributed by atoms with Gasteiger partial charge in [0.15, 0.2) is 0 Å². The van der Waals surface area contributed by atoms with Crippen molar-refractivity contribution >= 4 is 5.91 Å². The van der Waals surface area contributed by atoms with Crippen molar-refractivity contribution in [2.45, 2.75) is 25.7 Å². The van der Waals surface area contributed by atoms with Crippen LogP contribution in [0.25, 0.3) is 0 Å². The molecular formula is C18H21NO4. The SMILES string of the molecule is CC(=O)NCC(O)C(O)c1ccc(OCc2ccccc2)cc1. The lowest BCUT2D eigenvalue weighted by Gasteiger charge is -2.18. The highest BCUT2D eigenvalue weighted by Crippen LogP contribution is 2.21. The average molecular weight is 315 g/mol. The minimum absolute atomic E-state index is 0.00274. The zero-order valence-corrected chi connectivity index (χ0v) is 13.0. The molecule has 3 N–H and O–H groups in total. The number of hydrogen-bond donors (Lipinski definition) is 3. The number of nitrogens with one attached hydrogen (secondary N) is 1. The Morgan fingerprint density at radius 1 is 1.09 bits per heavy atom. The molecule has 5 nitrogen and oxygen atoms in total. The van der Waals surface area contributed by atoms with Crippen LogP contribution in [-0.4, -0.2) is 28.8 Å². The van der Waals surface area contributed by atoms with Crippen molar-refractivity contribution < 1.29 is 19.7 Å². The first kappa shape index (κ1) is 17.0. The van der Waals surface area contributed by atoms with Crippen molar-refractivity contribution in [2.75, 3.05) is 6.54 Å². The number of rotatable bonds is 7. The number of aliphatic hydroxyl groups is 2. The lowest BCUT2D eigenvalue weighted by molar-refractivity contribution is -0.119. The molecule has 0 spiro atoms. The Morgan fingerprint density at radius 2 is 1.74 bits per heavy atom. The van der Waals surface area contributed by atoms with Crippen LogP contribution in [0.15, 0.2) is 54.6 Å². The van der Waals surface area contributed by atoms with E-state index in [-0.39, 0.29) is 12.5 Å². The van der Waals surface area contributed by atoms with Gasteiger partial charge in [0.2, 0.25) is 5.91 Å². The maximum Gasteiger partial charge on any atom is 0.216 e. The van der Waals surface area contributed by atoms with Crippen molar-refractivity contribution in [3.63, 3.8) is 0 Å². The Hall–Kier alpha value is -2.37. The van der Waals surface area contributed by atoms with Crippen molar-refractivity contribution in [2.24, 2.45) is 0 Å². The van der Waals surface area contributed by atoms with Gasteiger partial charge in [-0.05, 0) is 23.3 Å². The van der Waals surface area contributed by atoms with E-state index in [1.807, 2.05) is 30.3 Å². The van der Waals surface area contributed by atoms with Gasteiger partial charge in [-0.3, -0.25) is 4.79 Å². The number of carbonyl (C=O) groups is 1. The molecule has 1 amide bonds. The van der Waals surface area contributed by atoms with E-state index < -0.39 is 12.2 Å². The first-order chi connectivity index (χ1) is 11.1. The predicted molar refractivity (Wildman–Crippen MR) is 86.9 cm³/mol. The van der Waals surface area contributed by atoms with Crippen LogP contribution in [0.3, 0.4) is 0 Å². The van der Waals surface area contributed by atoms with Crippen LogP contribution in [-0.2, 0) is 11.4 Å². The van der Waals surface area contributed by atoms with Crippen molar-refractivity contribution in [3.8, 4) is 5.75 Å². The molecule has 0 saturated carbocycles. The van der Waals surface area contributed by atoms with E-state index in [0.717, 1.165) is 5.56 Å². The first-order valence-corrected chi connectivity index (χ1v) is 7.43.